The first kappa shape index (κ1) is 23.5. The van der Waals surface area contributed by atoms with Crippen molar-refractivity contribution in [1.82, 2.24) is 4.57 Å². The Labute approximate surface area is 190 Å². The summed E-state index contributed by atoms with van der Waals surface area (Å²) in [5.74, 6) is 1.47. The van der Waals surface area contributed by atoms with E-state index in [9.17, 15) is 4.79 Å². The molecule has 2 aromatic carbocycles. The molecule has 0 N–H and O–H groups in total. The fourth-order valence-electron chi connectivity index (χ4n) is 3.48. The van der Waals surface area contributed by atoms with Gasteiger partial charge in [0, 0.05) is 18.0 Å². The van der Waals surface area contributed by atoms with Crippen LogP contribution >= 0.6 is 0 Å². The molecule has 170 valence electrons. The third kappa shape index (κ3) is 5.72. The van der Waals surface area contributed by atoms with E-state index in [2.05, 4.69) is 20.4 Å². The molecule has 0 aliphatic rings. The molecule has 0 atom stereocenters. The fourth-order valence-corrected chi connectivity index (χ4v) is 3.48. The van der Waals surface area contributed by atoms with Crippen LogP contribution in [0.5, 0.6) is 17.2 Å². The monoisotopic (exact) mass is 435 g/mol. The van der Waals surface area contributed by atoms with Gasteiger partial charge in [0.15, 0.2) is 5.75 Å². The Morgan fingerprint density at radius 1 is 0.938 bits per heavy atom. The third-order valence-corrected chi connectivity index (χ3v) is 5.22. The van der Waals surface area contributed by atoms with E-state index in [0.29, 0.717) is 31.3 Å². The van der Waals surface area contributed by atoms with Crippen molar-refractivity contribution >= 4 is 10.9 Å². The predicted molar refractivity (Wildman–Crippen MR) is 130 cm³/mol. The number of hydrogen-bond donors (Lipinski definition) is 0. The summed E-state index contributed by atoms with van der Waals surface area (Å²) < 4.78 is 19.7. The molecule has 5 nitrogen and oxygen atoms in total. The summed E-state index contributed by atoms with van der Waals surface area (Å²) in [4.78, 5) is 13.4. The smallest absolute Gasteiger partial charge is 0.297 e. The minimum Gasteiger partial charge on any atom is -0.489 e. The van der Waals surface area contributed by atoms with Gasteiger partial charge in [-0.1, -0.05) is 69.7 Å². The highest BCUT2D eigenvalue weighted by Gasteiger charge is 2.20. The van der Waals surface area contributed by atoms with E-state index >= 15 is 0 Å². The Bertz CT molecular complexity index is 1070. The lowest BCUT2D eigenvalue weighted by molar-refractivity contribution is 0.278. The molecule has 0 saturated heterocycles. The van der Waals surface area contributed by atoms with E-state index in [1.165, 1.54) is 0 Å². The topological polar surface area (TPSA) is 49.7 Å². The average molecular weight is 436 g/mol. The highest BCUT2D eigenvalue weighted by atomic mass is 16.5. The summed E-state index contributed by atoms with van der Waals surface area (Å²) in [6.45, 7) is 9.77. The van der Waals surface area contributed by atoms with Crippen LogP contribution < -0.4 is 19.8 Å². The molecule has 3 rings (SSSR count). The van der Waals surface area contributed by atoms with Crippen LogP contribution in [0.4, 0.5) is 0 Å². The molecular weight excluding hydrogens is 402 g/mol. The van der Waals surface area contributed by atoms with Crippen LogP contribution in [0, 0.1) is 0 Å². The largest absolute Gasteiger partial charge is 0.489 e. The molecule has 0 bridgehead atoms. The van der Waals surface area contributed by atoms with Gasteiger partial charge in [0.25, 0.3) is 5.56 Å². The van der Waals surface area contributed by atoms with Gasteiger partial charge >= 0.3 is 0 Å². The number of nitrogens with zero attached hydrogens (tertiary/aromatic N) is 1. The van der Waals surface area contributed by atoms with E-state index in [4.69, 9.17) is 14.2 Å². The van der Waals surface area contributed by atoms with Crippen molar-refractivity contribution in [2.24, 2.45) is 0 Å². The van der Waals surface area contributed by atoms with Gasteiger partial charge in [-0.3, -0.25) is 4.79 Å². The van der Waals surface area contributed by atoms with Gasteiger partial charge in [0.2, 0.25) is 5.75 Å². The number of benzene rings is 2. The molecule has 0 radical (unpaired) electrons. The number of hydrogen-bond acceptors (Lipinski definition) is 4. The number of aryl methyl sites for hydroxylation is 1. The number of rotatable bonds is 13. The second kappa shape index (κ2) is 12.0. The summed E-state index contributed by atoms with van der Waals surface area (Å²) in [5, 5.41) is 0.850. The van der Waals surface area contributed by atoms with Crippen LogP contribution in [0.2, 0.25) is 0 Å². The average Bonchev–Trinajstić information content (AvgIpc) is 2.82. The van der Waals surface area contributed by atoms with Crippen molar-refractivity contribution in [3.63, 3.8) is 0 Å². The van der Waals surface area contributed by atoms with Crippen molar-refractivity contribution in [1.29, 1.82) is 0 Å². The van der Waals surface area contributed by atoms with Gasteiger partial charge in [-0.25, -0.2) is 0 Å². The first-order chi connectivity index (χ1) is 15.7. The first-order valence-corrected chi connectivity index (χ1v) is 11.4. The Hall–Kier alpha value is -3.21. The SMILES string of the molecule is C=CCOc1c(OCCCC)c2ccc(OCc3ccccc3)cc2n(CCCC)c1=O. The van der Waals surface area contributed by atoms with E-state index < -0.39 is 0 Å². The molecule has 0 aliphatic heterocycles. The zero-order valence-corrected chi connectivity index (χ0v) is 19.1. The Kier molecular flexibility index (Phi) is 8.79. The molecule has 1 heterocycles. The highest BCUT2D eigenvalue weighted by Crippen LogP contribution is 2.35. The number of unbranched alkanes of at least 4 members (excludes halogenated alkanes) is 2. The lowest BCUT2D eigenvalue weighted by Crippen LogP contribution is -2.24. The Balaban J connectivity index is 2.06. The van der Waals surface area contributed by atoms with Crippen molar-refractivity contribution < 1.29 is 14.2 Å². The summed E-state index contributed by atoms with van der Waals surface area (Å²) in [7, 11) is 0. The summed E-state index contributed by atoms with van der Waals surface area (Å²) in [6, 6.07) is 15.8. The lowest BCUT2D eigenvalue weighted by atomic mass is 10.1. The molecule has 32 heavy (non-hydrogen) atoms. The van der Waals surface area contributed by atoms with E-state index in [1.54, 1.807) is 10.6 Å². The van der Waals surface area contributed by atoms with Crippen LogP contribution in [-0.2, 0) is 13.2 Å². The molecular formula is C27H33NO4. The van der Waals surface area contributed by atoms with Crippen LogP contribution in [0.3, 0.4) is 0 Å². The molecule has 5 heteroatoms. The van der Waals surface area contributed by atoms with Crippen LogP contribution in [-0.4, -0.2) is 17.8 Å². The summed E-state index contributed by atoms with van der Waals surface area (Å²) >= 11 is 0. The van der Waals surface area contributed by atoms with Gasteiger partial charge in [0.1, 0.15) is 19.0 Å². The van der Waals surface area contributed by atoms with Crippen molar-refractivity contribution in [2.75, 3.05) is 13.2 Å². The number of aromatic nitrogens is 1. The number of fused-ring (bicyclic) bond motifs is 1. The maximum atomic E-state index is 13.4. The molecule has 0 fully saturated rings. The second-order valence-electron chi connectivity index (χ2n) is 7.72. The zero-order chi connectivity index (χ0) is 22.8. The van der Waals surface area contributed by atoms with Crippen LogP contribution in [0.25, 0.3) is 10.9 Å². The molecule has 1 aromatic heterocycles. The van der Waals surface area contributed by atoms with Crippen molar-refractivity contribution in [2.45, 2.75) is 52.7 Å². The van der Waals surface area contributed by atoms with Crippen molar-refractivity contribution in [3.8, 4) is 17.2 Å². The van der Waals surface area contributed by atoms with Gasteiger partial charge < -0.3 is 18.8 Å². The molecule has 0 amide bonds. The standard InChI is InChI=1S/C27H33NO4/c1-4-7-16-28-24-19-22(32-20-21-12-10-9-11-13-21)14-15-23(24)25(31-18-8-5-2)26(27(28)29)30-17-6-3/h6,9-15,19H,3-5,7-8,16-18,20H2,1-2H3. The van der Waals surface area contributed by atoms with E-state index in [-0.39, 0.29) is 17.9 Å². The summed E-state index contributed by atoms with van der Waals surface area (Å²) in [6.07, 6.45) is 5.42. The molecule has 3 aromatic rings. The maximum Gasteiger partial charge on any atom is 0.297 e. The van der Waals surface area contributed by atoms with Crippen LogP contribution in [0.15, 0.2) is 66.0 Å². The van der Waals surface area contributed by atoms with Gasteiger partial charge in [-0.15, -0.1) is 0 Å². The normalized spacial score (nSPS) is 10.8. The molecule has 0 aliphatic carbocycles. The summed E-state index contributed by atoms with van der Waals surface area (Å²) in [5.41, 5.74) is 1.71. The minimum absolute atomic E-state index is 0.181. The Morgan fingerprint density at radius 3 is 2.44 bits per heavy atom. The lowest BCUT2D eigenvalue weighted by Gasteiger charge is -2.19. The van der Waals surface area contributed by atoms with Crippen molar-refractivity contribution in [3.05, 3.63) is 77.1 Å². The second-order valence-corrected chi connectivity index (χ2v) is 7.72. The zero-order valence-electron chi connectivity index (χ0n) is 19.1. The van der Waals surface area contributed by atoms with Crippen LogP contribution in [0.1, 0.15) is 45.1 Å². The number of pyridine rings is 1. The van der Waals surface area contributed by atoms with Gasteiger partial charge in [-0.2, -0.15) is 0 Å². The van der Waals surface area contributed by atoms with E-state index in [0.717, 1.165) is 42.1 Å². The third-order valence-electron chi connectivity index (χ3n) is 5.22. The predicted octanol–water partition coefficient (Wildman–Crippen LogP) is 6.12. The van der Waals surface area contributed by atoms with E-state index in [1.807, 2.05) is 48.5 Å². The maximum absolute atomic E-state index is 13.4. The first-order valence-electron chi connectivity index (χ1n) is 11.4. The van der Waals surface area contributed by atoms with Gasteiger partial charge in [0.05, 0.1) is 12.1 Å². The Morgan fingerprint density at radius 2 is 1.72 bits per heavy atom. The fraction of sp³-hybridized carbons (Fsp3) is 0.370. The molecule has 0 saturated carbocycles. The van der Waals surface area contributed by atoms with Gasteiger partial charge in [-0.05, 0) is 30.5 Å². The molecule has 0 unspecified atom stereocenters. The number of ether oxygens (including phenoxy) is 3. The molecule has 0 spiro atoms. The minimum atomic E-state index is -0.181. The quantitative estimate of drug-likeness (QED) is 0.240. The highest BCUT2D eigenvalue weighted by molar-refractivity contribution is 5.89.